The molecule has 0 radical (unpaired) electrons. The number of benzene rings is 8. The summed E-state index contributed by atoms with van der Waals surface area (Å²) in [5.41, 5.74) is 9.95. The average Bonchev–Trinajstić information content (AvgIpc) is 3.83. The summed E-state index contributed by atoms with van der Waals surface area (Å²) in [5.74, 6) is 1.20. The Kier molecular flexibility index (Phi) is 7.83. The molecule has 3 aromatic heterocycles. The first-order chi connectivity index (χ1) is 28.2. The van der Waals surface area contributed by atoms with Crippen LogP contribution in [0.15, 0.2) is 188 Å². The van der Waals surface area contributed by atoms with E-state index in [-0.39, 0.29) is 5.82 Å². The number of hydrogen-bond donors (Lipinski definition) is 0. The van der Waals surface area contributed by atoms with Crippen molar-refractivity contribution in [3.63, 3.8) is 0 Å². The van der Waals surface area contributed by atoms with E-state index >= 15 is 0 Å². The maximum Gasteiger partial charge on any atom is 0.166 e. The van der Waals surface area contributed by atoms with E-state index in [1.165, 1.54) is 32.3 Å². The normalized spacial score (nSPS) is 11.6. The second kappa shape index (κ2) is 13.5. The van der Waals surface area contributed by atoms with E-state index in [0.717, 1.165) is 60.9 Å². The number of rotatable bonds is 6. The number of aromatic nitrogens is 4. The van der Waals surface area contributed by atoms with Gasteiger partial charge in [0.1, 0.15) is 5.82 Å². The Morgan fingerprint density at radius 1 is 0.386 bits per heavy atom. The molecular formula is C51H31FN4S. The lowest BCUT2D eigenvalue weighted by atomic mass is 10.00. The third-order valence-electron chi connectivity index (χ3n) is 10.7. The quantitative estimate of drug-likeness (QED) is 0.170. The van der Waals surface area contributed by atoms with Gasteiger partial charge in [0.15, 0.2) is 17.5 Å². The lowest BCUT2D eigenvalue weighted by molar-refractivity contribution is 0.628. The number of fused-ring (bicyclic) bond motifs is 6. The number of para-hydroxylation sites is 2. The zero-order chi connectivity index (χ0) is 37.9. The first-order valence-electron chi connectivity index (χ1n) is 18.9. The zero-order valence-corrected chi connectivity index (χ0v) is 31.3. The molecule has 0 unspecified atom stereocenters. The first-order valence-corrected chi connectivity index (χ1v) is 19.7. The van der Waals surface area contributed by atoms with Crippen LogP contribution >= 0.6 is 11.3 Å². The lowest BCUT2D eigenvalue weighted by Crippen LogP contribution is -2.04. The SMILES string of the molecule is Fc1ccc(-c2nc(-c3cccc(-c4cccc5c4sc4ccccc45)c3)nc(-c3ccc(-c4ccccc4)cc3-n3c4ccccc4c4ccccc43)n2)cc1. The second-order valence-electron chi connectivity index (χ2n) is 14.1. The van der Waals surface area contributed by atoms with Gasteiger partial charge in [-0.25, -0.2) is 19.3 Å². The molecule has 268 valence electrons. The molecule has 3 heterocycles. The van der Waals surface area contributed by atoms with Gasteiger partial charge in [0.2, 0.25) is 0 Å². The van der Waals surface area contributed by atoms with Crippen molar-refractivity contribution in [1.29, 1.82) is 0 Å². The van der Waals surface area contributed by atoms with Gasteiger partial charge in [-0.1, -0.05) is 127 Å². The van der Waals surface area contributed by atoms with Gasteiger partial charge in [0, 0.05) is 47.6 Å². The Balaban J connectivity index is 1.15. The van der Waals surface area contributed by atoms with Gasteiger partial charge in [-0.15, -0.1) is 11.3 Å². The minimum absolute atomic E-state index is 0.318. The Labute approximate surface area is 331 Å². The summed E-state index contributed by atoms with van der Waals surface area (Å²) in [5, 5.41) is 4.84. The van der Waals surface area contributed by atoms with E-state index in [1.54, 1.807) is 12.1 Å². The summed E-state index contributed by atoms with van der Waals surface area (Å²) in [6, 6.07) is 63.8. The number of hydrogen-bond acceptors (Lipinski definition) is 4. The van der Waals surface area contributed by atoms with Gasteiger partial charge in [0.05, 0.1) is 16.7 Å². The summed E-state index contributed by atoms with van der Waals surface area (Å²) in [7, 11) is 0. The summed E-state index contributed by atoms with van der Waals surface area (Å²) in [4.78, 5) is 15.5. The van der Waals surface area contributed by atoms with E-state index in [9.17, 15) is 4.39 Å². The summed E-state index contributed by atoms with van der Waals surface area (Å²) >= 11 is 1.81. The third-order valence-corrected chi connectivity index (χ3v) is 12.0. The molecule has 0 saturated heterocycles. The first kappa shape index (κ1) is 33.1. The molecule has 8 aromatic carbocycles. The highest BCUT2D eigenvalue weighted by atomic mass is 32.1. The van der Waals surface area contributed by atoms with Crippen molar-refractivity contribution in [2.24, 2.45) is 0 Å². The van der Waals surface area contributed by atoms with Crippen LogP contribution < -0.4 is 0 Å². The Hall–Kier alpha value is -7.28. The van der Waals surface area contributed by atoms with Gasteiger partial charge < -0.3 is 4.57 Å². The summed E-state index contributed by atoms with van der Waals surface area (Å²) in [6.45, 7) is 0. The molecule has 0 spiro atoms. The van der Waals surface area contributed by atoms with Crippen LogP contribution in [-0.2, 0) is 0 Å². The number of halogens is 1. The van der Waals surface area contributed by atoms with Crippen LogP contribution in [0.25, 0.3) is 104 Å². The summed E-state index contributed by atoms with van der Waals surface area (Å²) in [6.07, 6.45) is 0. The second-order valence-corrected chi connectivity index (χ2v) is 15.2. The smallest absolute Gasteiger partial charge is 0.166 e. The Morgan fingerprint density at radius 3 is 1.74 bits per heavy atom. The van der Waals surface area contributed by atoms with Crippen LogP contribution in [0.1, 0.15) is 0 Å². The minimum atomic E-state index is -0.318. The fourth-order valence-corrected chi connectivity index (χ4v) is 9.29. The molecule has 0 fully saturated rings. The van der Waals surface area contributed by atoms with Crippen molar-refractivity contribution >= 4 is 53.3 Å². The molecule has 57 heavy (non-hydrogen) atoms. The number of thiophene rings is 1. The van der Waals surface area contributed by atoms with Crippen molar-refractivity contribution in [3.8, 4) is 62.1 Å². The van der Waals surface area contributed by atoms with Crippen LogP contribution in [0.2, 0.25) is 0 Å². The van der Waals surface area contributed by atoms with Gasteiger partial charge >= 0.3 is 0 Å². The Morgan fingerprint density at radius 2 is 0.965 bits per heavy atom. The molecule has 11 rings (SSSR count). The monoisotopic (exact) mass is 750 g/mol. The average molecular weight is 751 g/mol. The minimum Gasteiger partial charge on any atom is -0.308 e. The fourth-order valence-electron chi connectivity index (χ4n) is 8.05. The van der Waals surface area contributed by atoms with Gasteiger partial charge in [-0.2, -0.15) is 0 Å². The molecule has 0 aliphatic carbocycles. The van der Waals surface area contributed by atoms with E-state index in [1.807, 2.05) is 17.4 Å². The molecule has 0 aliphatic heterocycles. The topological polar surface area (TPSA) is 43.6 Å². The van der Waals surface area contributed by atoms with Gasteiger partial charge in [0.25, 0.3) is 0 Å². The highest BCUT2D eigenvalue weighted by Gasteiger charge is 2.21. The van der Waals surface area contributed by atoms with Crippen LogP contribution in [0, 0.1) is 5.82 Å². The van der Waals surface area contributed by atoms with Gasteiger partial charge in [-0.05, 0) is 82.9 Å². The molecule has 0 bridgehead atoms. The lowest BCUT2D eigenvalue weighted by Gasteiger charge is -2.16. The molecule has 0 saturated carbocycles. The van der Waals surface area contributed by atoms with E-state index in [2.05, 4.69) is 162 Å². The molecule has 0 amide bonds. The molecule has 4 nitrogen and oxygen atoms in total. The van der Waals surface area contributed by atoms with Crippen LogP contribution in [0.4, 0.5) is 4.39 Å². The highest BCUT2D eigenvalue weighted by molar-refractivity contribution is 7.26. The van der Waals surface area contributed by atoms with Gasteiger partial charge in [-0.3, -0.25) is 0 Å². The van der Waals surface area contributed by atoms with Crippen LogP contribution in [-0.4, -0.2) is 19.5 Å². The zero-order valence-electron chi connectivity index (χ0n) is 30.5. The van der Waals surface area contributed by atoms with Crippen molar-refractivity contribution in [2.75, 3.05) is 0 Å². The Bertz CT molecular complexity index is 3260. The predicted octanol–water partition coefficient (Wildman–Crippen LogP) is 13.8. The molecule has 0 N–H and O–H groups in total. The molecule has 0 aliphatic rings. The van der Waals surface area contributed by atoms with E-state index in [0.29, 0.717) is 23.0 Å². The maximum absolute atomic E-state index is 14.3. The number of nitrogens with zero attached hydrogens (tertiary/aromatic N) is 4. The van der Waals surface area contributed by atoms with Crippen molar-refractivity contribution < 1.29 is 4.39 Å². The summed E-state index contributed by atoms with van der Waals surface area (Å²) < 4.78 is 19.1. The van der Waals surface area contributed by atoms with E-state index < -0.39 is 0 Å². The fraction of sp³-hybridized carbons (Fsp3) is 0. The molecule has 0 atom stereocenters. The van der Waals surface area contributed by atoms with Crippen molar-refractivity contribution in [3.05, 3.63) is 194 Å². The van der Waals surface area contributed by atoms with Crippen molar-refractivity contribution in [2.45, 2.75) is 0 Å². The highest BCUT2D eigenvalue weighted by Crippen LogP contribution is 2.41. The maximum atomic E-state index is 14.3. The third kappa shape index (κ3) is 5.69. The van der Waals surface area contributed by atoms with E-state index in [4.69, 9.17) is 15.0 Å². The standard InChI is InChI=1S/C51H31FN4S/c52-37-27-24-33(25-28-37)49-53-50(36-15-10-14-35(30-36)38-19-11-20-42-41-18-6-9-23-47(41)57-48(38)42)55-51(54-49)43-29-26-34(32-12-2-1-3-13-32)31-46(43)56-44-21-7-4-16-39(44)40-17-5-8-22-45(40)56/h1-31H. The molecule has 6 heteroatoms. The van der Waals surface area contributed by atoms with Crippen LogP contribution in [0.5, 0.6) is 0 Å². The molecule has 11 aromatic rings. The van der Waals surface area contributed by atoms with Crippen LogP contribution in [0.3, 0.4) is 0 Å². The van der Waals surface area contributed by atoms with Crippen molar-refractivity contribution in [1.82, 2.24) is 19.5 Å². The predicted molar refractivity (Wildman–Crippen MR) is 234 cm³/mol. The largest absolute Gasteiger partial charge is 0.308 e. The molecular weight excluding hydrogens is 720 g/mol.